The maximum atomic E-state index is 3.62. The van der Waals surface area contributed by atoms with E-state index in [1.54, 1.807) is 0 Å². The van der Waals surface area contributed by atoms with Crippen LogP contribution in [-0.4, -0.2) is 25.7 Å². The van der Waals surface area contributed by atoms with Crippen molar-refractivity contribution < 1.29 is 0 Å². The van der Waals surface area contributed by atoms with Gasteiger partial charge in [-0.05, 0) is 50.1 Å². The molecule has 0 aromatic heterocycles. The second-order valence-corrected chi connectivity index (χ2v) is 5.30. The van der Waals surface area contributed by atoms with Gasteiger partial charge in [-0.1, -0.05) is 13.8 Å². The Bertz CT molecular complexity index is 177. The molecule has 1 aliphatic heterocycles. The van der Waals surface area contributed by atoms with Gasteiger partial charge in [-0.3, -0.25) is 0 Å². The van der Waals surface area contributed by atoms with Crippen molar-refractivity contribution in [3.8, 4) is 0 Å². The molecule has 2 rings (SSSR count). The molecule has 2 fully saturated rings. The molecule has 0 spiro atoms. The third-order valence-electron chi connectivity index (χ3n) is 3.95. The van der Waals surface area contributed by atoms with Crippen LogP contribution >= 0.6 is 0 Å². The molecule has 0 aromatic rings. The highest BCUT2D eigenvalue weighted by Gasteiger charge is 2.28. The van der Waals surface area contributed by atoms with Gasteiger partial charge in [0.1, 0.15) is 0 Å². The minimum absolute atomic E-state index is 0.724. The van der Waals surface area contributed by atoms with Gasteiger partial charge in [-0.2, -0.15) is 0 Å². The zero-order valence-corrected chi connectivity index (χ0v) is 9.55. The minimum Gasteiger partial charge on any atom is -0.315 e. The molecule has 82 valence electrons. The molecule has 1 saturated heterocycles. The van der Waals surface area contributed by atoms with Gasteiger partial charge in [0.2, 0.25) is 0 Å². The van der Waals surface area contributed by atoms with Gasteiger partial charge in [-0.25, -0.2) is 0 Å². The van der Waals surface area contributed by atoms with Gasteiger partial charge in [0.05, 0.1) is 0 Å². The zero-order valence-electron chi connectivity index (χ0n) is 9.55. The van der Waals surface area contributed by atoms with E-state index in [9.17, 15) is 0 Å². The maximum Gasteiger partial charge on any atom is 0.0218 e. The Morgan fingerprint density at radius 3 is 2.71 bits per heavy atom. The fraction of sp³-hybridized carbons (Fsp3) is 1.00. The summed E-state index contributed by atoms with van der Waals surface area (Å²) in [6, 6.07) is 0.724. The average Bonchev–Trinajstić information content (AvgIpc) is 2.93. The monoisotopic (exact) mass is 196 g/mol. The van der Waals surface area contributed by atoms with E-state index in [0.29, 0.717) is 0 Å². The second kappa shape index (κ2) is 4.63. The summed E-state index contributed by atoms with van der Waals surface area (Å²) < 4.78 is 0. The van der Waals surface area contributed by atoms with Crippen LogP contribution in [0.4, 0.5) is 0 Å². The number of nitrogens with one attached hydrogen (secondary N) is 2. The predicted molar refractivity (Wildman–Crippen MR) is 60.3 cm³/mol. The van der Waals surface area contributed by atoms with Crippen molar-refractivity contribution in [2.45, 2.75) is 39.2 Å². The molecule has 1 aliphatic carbocycles. The lowest BCUT2D eigenvalue weighted by atomic mass is 10.0. The maximum absolute atomic E-state index is 3.62. The minimum atomic E-state index is 0.724. The Kier molecular flexibility index (Phi) is 3.45. The van der Waals surface area contributed by atoms with E-state index in [1.807, 2.05) is 0 Å². The Morgan fingerprint density at radius 2 is 2.14 bits per heavy atom. The largest absolute Gasteiger partial charge is 0.315 e. The molecule has 0 amide bonds. The fourth-order valence-electron chi connectivity index (χ4n) is 2.47. The predicted octanol–water partition coefficient (Wildman–Crippen LogP) is 1.62. The van der Waals surface area contributed by atoms with Crippen LogP contribution in [0.1, 0.15) is 33.1 Å². The molecule has 0 radical (unpaired) electrons. The summed E-state index contributed by atoms with van der Waals surface area (Å²) in [5.74, 6) is 2.79. The van der Waals surface area contributed by atoms with Crippen LogP contribution in [0, 0.1) is 17.8 Å². The van der Waals surface area contributed by atoms with E-state index in [0.717, 1.165) is 30.3 Å². The Morgan fingerprint density at radius 1 is 1.36 bits per heavy atom. The number of hydrogen-bond acceptors (Lipinski definition) is 2. The third-order valence-corrected chi connectivity index (χ3v) is 3.95. The molecule has 1 heterocycles. The van der Waals surface area contributed by atoms with Crippen molar-refractivity contribution in [3.05, 3.63) is 0 Å². The van der Waals surface area contributed by atoms with Crippen molar-refractivity contribution >= 4 is 0 Å². The summed E-state index contributed by atoms with van der Waals surface area (Å²) in [6.45, 7) is 8.34. The highest BCUT2D eigenvalue weighted by Crippen LogP contribution is 2.36. The van der Waals surface area contributed by atoms with Gasteiger partial charge in [-0.15, -0.1) is 0 Å². The summed E-state index contributed by atoms with van der Waals surface area (Å²) in [6.07, 6.45) is 4.30. The molecule has 3 atom stereocenters. The lowest BCUT2D eigenvalue weighted by molar-refractivity contribution is 0.406. The van der Waals surface area contributed by atoms with E-state index in [4.69, 9.17) is 0 Å². The standard InChI is InChI=1S/C12H24N2/c1-9-5-6-14-12(9)8-13-7-10(2)11-3-4-11/h9-14H,3-8H2,1-2H3. The summed E-state index contributed by atoms with van der Waals surface area (Å²) in [5.41, 5.74) is 0. The van der Waals surface area contributed by atoms with Crippen LogP contribution < -0.4 is 10.6 Å². The molecule has 2 N–H and O–H groups in total. The van der Waals surface area contributed by atoms with E-state index in [-0.39, 0.29) is 0 Å². The molecule has 0 aromatic carbocycles. The van der Waals surface area contributed by atoms with Crippen molar-refractivity contribution in [3.63, 3.8) is 0 Å². The van der Waals surface area contributed by atoms with E-state index < -0.39 is 0 Å². The average molecular weight is 196 g/mol. The van der Waals surface area contributed by atoms with Gasteiger partial charge in [0, 0.05) is 12.6 Å². The first-order valence-electron chi connectivity index (χ1n) is 6.21. The van der Waals surface area contributed by atoms with Crippen molar-refractivity contribution in [1.29, 1.82) is 0 Å². The SMILES string of the molecule is CC(CNCC1NCCC1C)C1CC1. The van der Waals surface area contributed by atoms with Crippen LogP contribution in [0.25, 0.3) is 0 Å². The summed E-state index contributed by atoms with van der Waals surface area (Å²) >= 11 is 0. The first kappa shape index (κ1) is 10.4. The van der Waals surface area contributed by atoms with Crippen LogP contribution in [-0.2, 0) is 0 Å². The van der Waals surface area contributed by atoms with Crippen LogP contribution in [0.5, 0.6) is 0 Å². The van der Waals surface area contributed by atoms with E-state index in [1.165, 1.54) is 32.4 Å². The molecular formula is C12H24N2. The zero-order chi connectivity index (χ0) is 9.97. The Labute approximate surface area is 87.8 Å². The number of hydrogen-bond donors (Lipinski definition) is 2. The Hall–Kier alpha value is -0.0800. The first-order valence-corrected chi connectivity index (χ1v) is 6.21. The van der Waals surface area contributed by atoms with Gasteiger partial charge in [0.25, 0.3) is 0 Å². The van der Waals surface area contributed by atoms with Crippen molar-refractivity contribution in [2.24, 2.45) is 17.8 Å². The van der Waals surface area contributed by atoms with Crippen LogP contribution in [0.3, 0.4) is 0 Å². The topological polar surface area (TPSA) is 24.1 Å². The molecule has 0 bridgehead atoms. The Balaban J connectivity index is 1.57. The van der Waals surface area contributed by atoms with E-state index >= 15 is 0 Å². The summed E-state index contributed by atoms with van der Waals surface area (Å²) in [5, 5.41) is 7.18. The van der Waals surface area contributed by atoms with Crippen molar-refractivity contribution in [1.82, 2.24) is 10.6 Å². The second-order valence-electron chi connectivity index (χ2n) is 5.30. The molecule has 1 saturated carbocycles. The number of rotatable bonds is 5. The van der Waals surface area contributed by atoms with Gasteiger partial charge >= 0.3 is 0 Å². The van der Waals surface area contributed by atoms with Crippen LogP contribution in [0.15, 0.2) is 0 Å². The van der Waals surface area contributed by atoms with Crippen molar-refractivity contribution in [2.75, 3.05) is 19.6 Å². The van der Waals surface area contributed by atoms with Gasteiger partial charge < -0.3 is 10.6 Å². The van der Waals surface area contributed by atoms with Crippen LogP contribution in [0.2, 0.25) is 0 Å². The highest BCUT2D eigenvalue weighted by molar-refractivity contribution is 4.84. The molecule has 2 nitrogen and oxygen atoms in total. The normalized spacial score (nSPS) is 34.7. The first-order chi connectivity index (χ1) is 6.77. The highest BCUT2D eigenvalue weighted by atomic mass is 15.0. The van der Waals surface area contributed by atoms with E-state index in [2.05, 4.69) is 24.5 Å². The third kappa shape index (κ3) is 2.71. The summed E-state index contributed by atoms with van der Waals surface area (Å²) in [7, 11) is 0. The smallest absolute Gasteiger partial charge is 0.0218 e. The lowest BCUT2D eigenvalue weighted by Gasteiger charge is -2.18. The quantitative estimate of drug-likeness (QED) is 0.698. The molecule has 3 unspecified atom stereocenters. The molecule has 2 aliphatic rings. The summed E-state index contributed by atoms with van der Waals surface area (Å²) in [4.78, 5) is 0. The molecule has 2 heteroatoms. The fourth-order valence-corrected chi connectivity index (χ4v) is 2.47. The van der Waals surface area contributed by atoms with Gasteiger partial charge in [0.15, 0.2) is 0 Å². The lowest BCUT2D eigenvalue weighted by Crippen LogP contribution is -2.38. The molecular weight excluding hydrogens is 172 g/mol. The molecule has 14 heavy (non-hydrogen) atoms.